The Morgan fingerprint density at radius 1 is 1.12 bits per heavy atom. The van der Waals surface area contributed by atoms with Crippen LogP contribution >= 0.6 is 0 Å². The highest BCUT2D eigenvalue weighted by Crippen LogP contribution is 2.15. The van der Waals surface area contributed by atoms with E-state index in [1.54, 1.807) is 34.7 Å². The van der Waals surface area contributed by atoms with E-state index in [0.717, 1.165) is 24.9 Å². The molecular formula is C34H54N8O. The predicted octanol–water partition coefficient (Wildman–Crippen LogP) is 6.84. The van der Waals surface area contributed by atoms with E-state index >= 15 is 0 Å². The number of rotatable bonds is 15. The van der Waals surface area contributed by atoms with Gasteiger partial charge in [0.25, 0.3) is 0 Å². The maximum Gasteiger partial charge on any atom is 0.148 e. The van der Waals surface area contributed by atoms with Crippen LogP contribution in [0.1, 0.15) is 65.6 Å². The molecule has 2 rings (SSSR count). The number of likely N-dealkylation sites (N-methyl/N-ethyl adjacent to an activating group) is 2. The summed E-state index contributed by atoms with van der Waals surface area (Å²) in [6.07, 6.45) is 28.5. The number of aliphatic imine (C=N–C) groups is 3. The van der Waals surface area contributed by atoms with E-state index in [0.29, 0.717) is 11.9 Å². The summed E-state index contributed by atoms with van der Waals surface area (Å²) in [5.74, 6) is 0.701. The maximum absolute atomic E-state index is 10.9. The molecule has 0 spiro atoms. The van der Waals surface area contributed by atoms with Gasteiger partial charge in [-0.25, -0.2) is 10.0 Å². The normalized spacial score (nSPS) is 16.5. The van der Waals surface area contributed by atoms with Gasteiger partial charge < -0.3 is 9.69 Å². The van der Waals surface area contributed by atoms with Gasteiger partial charge in [0.1, 0.15) is 12.1 Å². The molecule has 1 aromatic rings. The third-order valence-electron chi connectivity index (χ3n) is 6.31. The van der Waals surface area contributed by atoms with E-state index in [2.05, 4.69) is 84.4 Å². The van der Waals surface area contributed by atoms with E-state index < -0.39 is 0 Å². The largest absolute Gasteiger partial charge is 0.305 e. The first-order valence-corrected chi connectivity index (χ1v) is 14.8. The Bertz CT molecular complexity index is 1120. The Hall–Kier alpha value is -3.95. The number of nitrogens with zero attached hydrogens (tertiary/aromatic N) is 8. The van der Waals surface area contributed by atoms with Crippen molar-refractivity contribution < 1.29 is 4.79 Å². The molecule has 0 N–H and O–H groups in total. The second-order valence-electron chi connectivity index (χ2n) is 9.79. The Morgan fingerprint density at radius 2 is 1.86 bits per heavy atom. The average Bonchev–Trinajstić information content (AvgIpc) is 3.50. The fourth-order valence-electron chi connectivity index (χ4n) is 3.67. The number of hydrazine groups is 1. The van der Waals surface area contributed by atoms with Gasteiger partial charge in [-0.1, -0.05) is 37.6 Å². The van der Waals surface area contributed by atoms with Gasteiger partial charge in [-0.15, -0.1) is 13.2 Å². The lowest BCUT2D eigenvalue weighted by Gasteiger charge is -2.33. The smallest absolute Gasteiger partial charge is 0.148 e. The third-order valence-corrected chi connectivity index (χ3v) is 6.31. The summed E-state index contributed by atoms with van der Waals surface area (Å²) in [4.78, 5) is 26.1. The monoisotopic (exact) mass is 590 g/mol. The number of allylic oxidation sites excluding steroid dienone is 7. The van der Waals surface area contributed by atoms with Crippen LogP contribution in [0.5, 0.6) is 0 Å². The molecule has 0 amide bonds. The minimum Gasteiger partial charge on any atom is -0.305 e. The summed E-state index contributed by atoms with van der Waals surface area (Å²) in [5, 5.41) is 8.28. The van der Waals surface area contributed by atoms with Crippen LogP contribution in [-0.4, -0.2) is 82.9 Å². The summed E-state index contributed by atoms with van der Waals surface area (Å²) in [7, 11) is 6.11. The van der Waals surface area contributed by atoms with E-state index in [-0.39, 0.29) is 12.1 Å². The van der Waals surface area contributed by atoms with Crippen molar-refractivity contribution in [2.45, 2.75) is 78.6 Å². The third kappa shape index (κ3) is 16.3. The maximum atomic E-state index is 10.9. The number of carbonyl (C=O) groups is 1. The Labute approximate surface area is 260 Å². The molecule has 2 unspecified atom stereocenters. The molecule has 0 saturated carbocycles. The van der Waals surface area contributed by atoms with Crippen LogP contribution in [0, 0.1) is 0 Å². The average molecular weight is 591 g/mol. The van der Waals surface area contributed by atoms with Gasteiger partial charge >= 0.3 is 0 Å². The van der Waals surface area contributed by atoms with Crippen molar-refractivity contribution >= 4 is 24.9 Å². The molecule has 1 aromatic heterocycles. The lowest BCUT2D eigenvalue weighted by Crippen LogP contribution is -2.42. The van der Waals surface area contributed by atoms with Gasteiger partial charge in [0.05, 0.1) is 24.3 Å². The van der Waals surface area contributed by atoms with Gasteiger partial charge in [0, 0.05) is 62.8 Å². The zero-order valence-corrected chi connectivity index (χ0v) is 27.6. The van der Waals surface area contributed by atoms with Crippen molar-refractivity contribution in [1.82, 2.24) is 24.7 Å². The first-order chi connectivity index (χ1) is 20.8. The number of aldehydes is 1. The molecule has 0 saturated heterocycles. The van der Waals surface area contributed by atoms with Crippen LogP contribution in [0.3, 0.4) is 0 Å². The molecule has 43 heavy (non-hydrogen) atoms. The van der Waals surface area contributed by atoms with Crippen LogP contribution in [-0.2, 0) is 11.3 Å². The SMILES string of the molecule is C/C=C\CC=NC(C)c1ccn(C[C@H](CCC)N(C)C)n1.C=C.C\C=C/C=C\N=C\C=C1/N=CC=CN1N(C)C(C)C=O. The van der Waals surface area contributed by atoms with Crippen LogP contribution in [0.4, 0.5) is 0 Å². The lowest BCUT2D eigenvalue weighted by atomic mass is 10.1. The molecule has 0 bridgehead atoms. The predicted molar refractivity (Wildman–Crippen MR) is 185 cm³/mol. The van der Waals surface area contributed by atoms with E-state index in [4.69, 9.17) is 0 Å². The standard InChI is InChI=1S/C17H30N4.C15H20N4O.C2H4/c1-6-8-9-12-18-15(3)17-11-13-21(19-17)14-16(10-7-2)20(4)5;1-4-5-6-9-16-11-8-15-17-10-7-12-19(15)18(3)14(2)13-20;1-2/h6,8,11-13,15-16H,7,9-10,14H2,1-5H3;4-14H,1-3H3;1-2H2/b8-6-,18-12?;5-4-,9-6-,15-8+,16-11+;/t15?,16-;;/m0../s1. The van der Waals surface area contributed by atoms with Gasteiger partial charge in [0.2, 0.25) is 0 Å². The molecule has 0 aromatic carbocycles. The Balaban J connectivity index is 0.000000776. The van der Waals surface area contributed by atoms with E-state index in [1.807, 2.05) is 75.3 Å². The van der Waals surface area contributed by atoms with Crippen molar-refractivity contribution in [2.24, 2.45) is 15.0 Å². The lowest BCUT2D eigenvalue weighted by molar-refractivity contribution is -0.115. The number of carbonyl (C=O) groups excluding carboxylic acids is 1. The summed E-state index contributed by atoms with van der Waals surface area (Å²) < 4.78 is 2.05. The van der Waals surface area contributed by atoms with Crippen LogP contribution in [0.2, 0.25) is 0 Å². The summed E-state index contributed by atoms with van der Waals surface area (Å²) in [5.41, 5.74) is 1.04. The van der Waals surface area contributed by atoms with Crippen molar-refractivity contribution in [1.29, 1.82) is 0 Å². The number of aromatic nitrogens is 2. The van der Waals surface area contributed by atoms with Crippen LogP contribution in [0.15, 0.2) is 101 Å². The Morgan fingerprint density at radius 3 is 2.49 bits per heavy atom. The fraction of sp³-hybridized carbons (Fsp3) is 0.441. The topological polar surface area (TPSA) is 81.7 Å². The molecule has 1 aliphatic rings. The van der Waals surface area contributed by atoms with Crippen molar-refractivity contribution in [3.05, 3.63) is 91.9 Å². The van der Waals surface area contributed by atoms with Gasteiger partial charge in [-0.2, -0.15) is 5.10 Å². The Kier molecular flexibility index (Phi) is 22.4. The van der Waals surface area contributed by atoms with E-state index in [9.17, 15) is 4.79 Å². The molecule has 0 fully saturated rings. The molecule has 9 nitrogen and oxygen atoms in total. The van der Waals surface area contributed by atoms with Crippen LogP contribution < -0.4 is 0 Å². The molecule has 0 aliphatic carbocycles. The summed E-state index contributed by atoms with van der Waals surface area (Å²) in [6.45, 7) is 17.1. The first kappa shape index (κ1) is 39.0. The van der Waals surface area contributed by atoms with Gasteiger partial charge in [-0.05, 0) is 66.4 Å². The molecule has 2 heterocycles. The van der Waals surface area contributed by atoms with Gasteiger partial charge in [-0.3, -0.25) is 19.7 Å². The van der Waals surface area contributed by atoms with Gasteiger partial charge in [0.15, 0.2) is 0 Å². The second-order valence-corrected chi connectivity index (χ2v) is 9.79. The fourth-order valence-corrected chi connectivity index (χ4v) is 3.67. The number of hydrogen-bond donors (Lipinski definition) is 0. The zero-order chi connectivity index (χ0) is 32.5. The summed E-state index contributed by atoms with van der Waals surface area (Å²) >= 11 is 0. The number of hydrogen-bond acceptors (Lipinski definition) is 8. The highest BCUT2D eigenvalue weighted by atomic mass is 16.1. The molecule has 0 radical (unpaired) electrons. The highest BCUT2D eigenvalue weighted by Gasteiger charge is 2.18. The first-order valence-electron chi connectivity index (χ1n) is 14.8. The highest BCUT2D eigenvalue weighted by molar-refractivity contribution is 5.77. The van der Waals surface area contributed by atoms with Crippen molar-refractivity contribution in [2.75, 3.05) is 21.1 Å². The molecule has 3 atom stereocenters. The molecule has 236 valence electrons. The van der Waals surface area contributed by atoms with Crippen LogP contribution in [0.25, 0.3) is 0 Å². The molecule has 1 aliphatic heterocycles. The van der Waals surface area contributed by atoms with E-state index in [1.165, 1.54) is 12.8 Å². The minimum absolute atomic E-state index is 0.125. The molecular weight excluding hydrogens is 536 g/mol. The quantitative estimate of drug-likeness (QED) is 0.0967. The second kappa shape index (κ2) is 24.6. The van der Waals surface area contributed by atoms with Crippen molar-refractivity contribution in [3.8, 4) is 0 Å². The minimum atomic E-state index is -0.233. The molecule has 9 heteroatoms. The summed E-state index contributed by atoms with van der Waals surface area (Å²) in [6, 6.07) is 2.51. The van der Waals surface area contributed by atoms with Crippen molar-refractivity contribution in [3.63, 3.8) is 0 Å². The zero-order valence-electron chi connectivity index (χ0n) is 27.6.